The summed E-state index contributed by atoms with van der Waals surface area (Å²) in [7, 11) is 1.63. The molecular weight excluding hydrogens is 394 g/mol. The van der Waals surface area contributed by atoms with Crippen LogP contribution in [0.25, 0.3) is 0 Å². The number of thiophene rings is 1. The standard InChI is InChI=1S/C13H13Br2NO2S/c1-17-11-4-10(15)12(5-9(11)14)18-13(6-16)8-2-3-19-7-8/h2-5,7,13H,6,16H2,1H3. The van der Waals surface area contributed by atoms with Crippen molar-refractivity contribution in [2.24, 2.45) is 5.73 Å². The average Bonchev–Trinajstić information content (AvgIpc) is 2.93. The Kier molecular flexibility index (Phi) is 5.27. The van der Waals surface area contributed by atoms with Crippen LogP contribution in [-0.2, 0) is 0 Å². The summed E-state index contributed by atoms with van der Waals surface area (Å²) >= 11 is 8.56. The number of benzene rings is 1. The molecule has 102 valence electrons. The van der Waals surface area contributed by atoms with Crippen LogP contribution in [0.5, 0.6) is 11.5 Å². The van der Waals surface area contributed by atoms with Gasteiger partial charge in [-0.25, -0.2) is 0 Å². The zero-order valence-corrected chi connectivity index (χ0v) is 14.2. The van der Waals surface area contributed by atoms with E-state index < -0.39 is 0 Å². The first-order chi connectivity index (χ1) is 9.15. The van der Waals surface area contributed by atoms with Crippen molar-refractivity contribution in [3.8, 4) is 11.5 Å². The van der Waals surface area contributed by atoms with E-state index in [2.05, 4.69) is 31.9 Å². The van der Waals surface area contributed by atoms with E-state index in [-0.39, 0.29) is 6.10 Å². The minimum absolute atomic E-state index is 0.150. The number of hydrogen-bond donors (Lipinski definition) is 1. The van der Waals surface area contributed by atoms with Gasteiger partial charge in [0, 0.05) is 12.1 Å². The molecule has 2 aromatic rings. The van der Waals surface area contributed by atoms with Crippen LogP contribution in [0.2, 0.25) is 0 Å². The Labute approximate surface area is 133 Å². The van der Waals surface area contributed by atoms with Crippen LogP contribution in [0.15, 0.2) is 37.9 Å². The fourth-order valence-corrected chi connectivity index (χ4v) is 3.22. The van der Waals surface area contributed by atoms with Crippen LogP contribution in [0.4, 0.5) is 0 Å². The van der Waals surface area contributed by atoms with E-state index in [4.69, 9.17) is 15.2 Å². The molecule has 2 N–H and O–H groups in total. The maximum Gasteiger partial charge on any atom is 0.137 e. The quantitative estimate of drug-likeness (QED) is 0.802. The largest absolute Gasteiger partial charge is 0.496 e. The van der Waals surface area contributed by atoms with Crippen molar-refractivity contribution in [3.05, 3.63) is 43.5 Å². The van der Waals surface area contributed by atoms with E-state index >= 15 is 0 Å². The lowest BCUT2D eigenvalue weighted by molar-refractivity contribution is 0.213. The predicted octanol–water partition coefficient (Wildman–Crippen LogP) is 4.36. The zero-order chi connectivity index (χ0) is 13.8. The van der Waals surface area contributed by atoms with Gasteiger partial charge in [-0.05, 0) is 60.8 Å². The third kappa shape index (κ3) is 3.51. The molecular formula is C13H13Br2NO2S. The van der Waals surface area contributed by atoms with Gasteiger partial charge in [0.2, 0.25) is 0 Å². The first kappa shape index (κ1) is 14.8. The Morgan fingerprint density at radius 3 is 2.53 bits per heavy atom. The molecule has 3 nitrogen and oxygen atoms in total. The molecule has 0 bridgehead atoms. The van der Waals surface area contributed by atoms with Gasteiger partial charge in [0.1, 0.15) is 17.6 Å². The maximum absolute atomic E-state index is 5.97. The lowest BCUT2D eigenvalue weighted by Gasteiger charge is -2.18. The van der Waals surface area contributed by atoms with Crippen LogP contribution in [0, 0.1) is 0 Å². The summed E-state index contributed by atoms with van der Waals surface area (Å²) in [4.78, 5) is 0. The van der Waals surface area contributed by atoms with Gasteiger partial charge in [-0.1, -0.05) is 0 Å². The highest BCUT2D eigenvalue weighted by Gasteiger charge is 2.15. The number of methoxy groups -OCH3 is 1. The number of rotatable bonds is 5. The van der Waals surface area contributed by atoms with Crippen LogP contribution in [0.3, 0.4) is 0 Å². The van der Waals surface area contributed by atoms with Crippen molar-refractivity contribution >= 4 is 43.2 Å². The SMILES string of the molecule is COc1cc(Br)c(OC(CN)c2ccsc2)cc1Br. The van der Waals surface area contributed by atoms with E-state index in [1.807, 2.05) is 29.0 Å². The van der Waals surface area contributed by atoms with Gasteiger partial charge in [0.05, 0.1) is 16.1 Å². The molecule has 0 spiro atoms. The first-order valence-corrected chi connectivity index (χ1v) is 8.10. The number of ether oxygens (including phenoxy) is 2. The molecule has 0 saturated heterocycles. The number of halogens is 2. The van der Waals surface area contributed by atoms with Crippen molar-refractivity contribution in [2.45, 2.75) is 6.10 Å². The lowest BCUT2D eigenvalue weighted by atomic mass is 10.2. The summed E-state index contributed by atoms with van der Waals surface area (Å²) in [6, 6.07) is 5.76. The summed E-state index contributed by atoms with van der Waals surface area (Å²) in [5.74, 6) is 1.48. The second-order valence-corrected chi connectivity index (χ2v) is 6.30. The van der Waals surface area contributed by atoms with Gasteiger partial charge in [0.25, 0.3) is 0 Å². The Hall–Kier alpha value is -0.560. The minimum atomic E-state index is -0.150. The molecule has 1 unspecified atom stereocenters. The van der Waals surface area contributed by atoms with E-state index in [1.54, 1.807) is 18.4 Å². The van der Waals surface area contributed by atoms with Crippen LogP contribution in [-0.4, -0.2) is 13.7 Å². The summed E-state index contributed by atoms with van der Waals surface area (Å²) < 4.78 is 12.9. The molecule has 0 aliphatic heterocycles. The molecule has 0 saturated carbocycles. The molecule has 0 aliphatic carbocycles. The fourth-order valence-electron chi connectivity index (χ4n) is 1.62. The zero-order valence-electron chi connectivity index (χ0n) is 10.2. The molecule has 1 heterocycles. The average molecular weight is 407 g/mol. The molecule has 0 radical (unpaired) electrons. The van der Waals surface area contributed by atoms with E-state index in [9.17, 15) is 0 Å². The van der Waals surface area contributed by atoms with Crippen molar-refractivity contribution < 1.29 is 9.47 Å². The lowest BCUT2D eigenvalue weighted by Crippen LogP contribution is -2.18. The van der Waals surface area contributed by atoms with Gasteiger partial charge < -0.3 is 15.2 Å². The van der Waals surface area contributed by atoms with Gasteiger partial charge in [-0.15, -0.1) is 0 Å². The highest BCUT2D eigenvalue weighted by molar-refractivity contribution is 9.11. The molecule has 1 aromatic heterocycles. The van der Waals surface area contributed by atoms with Crippen LogP contribution >= 0.6 is 43.2 Å². The Bertz CT molecular complexity index is 546. The molecule has 2 rings (SSSR count). The van der Waals surface area contributed by atoms with E-state index in [0.29, 0.717) is 6.54 Å². The smallest absolute Gasteiger partial charge is 0.137 e. The first-order valence-electron chi connectivity index (χ1n) is 5.57. The molecule has 1 atom stereocenters. The molecule has 19 heavy (non-hydrogen) atoms. The van der Waals surface area contributed by atoms with Crippen molar-refractivity contribution in [1.29, 1.82) is 0 Å². The van der Waals surface area contributed by atoms with Crippen LogP contribution < -0.4 is 15.2 Å². The van der Waals surface area contributed by atoms with Crippen molar-refractivity contribution in [1.82, 2.24) is 0 Å². The van der Waals surface area contributed by atoms with Crippen molar-refractivity contribution in [2.75, 3.05) is 13.7 Å². The van der Waals surface area contributed by atoms with Gasteiger partial charge in [0.15, 0.2) is 0 Å². The normalized spacial score (nSPS) is 12.2. The molecule has 0 aliphatic rings. The Balaban J connectivity index is 2.25. The Morgan fingerprint density at radius 1 is 1.26 bits per heavy atom. The van der Waals surface area contributed by atoms with Gasteiger partial charge >= 0.3 is 0 Å². The number of nitrogens with two attached hydrogens (primary N) is 1. The Morgan fingerprint density at radius 2 is 1.95 bits per heavy atom. The van der Waals surface area contributed by atoms with Crippen LogP contribution in [0.1, 0.15) is 11.7 Å². The second kappa shape index (κ2) is 6.74. The highest BCUT2D eigenvalue weighted by Crippen LogP contribution is 2.37. The molecule has 0 amide bonds. The third-order valence-electron chi connectivity index (χ3n) is 2.60. The minimum Gasteiger partial charge on any atom is -0.496 e. The number of hydrogen-bond acceptors (Lipinski definition) is 4. The van der Waals surface area contributed by atoms with E-state index in [1.165, 1.54) is 0 Å². The molecule has 6 heteroatoms. The summed E-state index contributed by atoms with van der Waals surface area (Å²) in [6.07, 6.45) is -0.150. The topological polar surface area (TPSA) is 44.5 Å². The second-order valence-electron chi connectivity index (χ2n) is 3.82. The third-order valence-corrected chi connectivity index (χ3v) is 4.55. The maximum atomic E-state index is 5.97. The molecule has 1 aromatic carbocycles. The monoisotopic (exact) mass is 405 g/mol. The molecule has 0 fully saturated rings. The summed E-state index contributed by atoms with van der Waals surface area (Å²) in [6.45, 7) is 0.423. The summed E-state index contributed by atoms with van der Waals surface area (Å²) in [5.41, 5.74) is 6.87. The van der Waals surface area contributed by atoms with Gasteiger partial charge in [-0.2, -0.15) is 11.3 Å². The highest BCUT2D eigenvalue weighted by atomic mass is 79.9. The summed E-state index contributed by atoms with van der Waals surface area (Å²) in [5, 5.41) is 4.06. The van der Waals surface area contributed by atoms with E-state index in [0.717, 1.165) is 26.0 Å². The van der Waals surface area contributed by atoms with Crippen molar-refractivity contribution in [3.63, 3.8) is 0 Å². The van der Waals surface area contributed by atoms with Gasteiger partial charge in [-0.3, -0.25) is 0 Å². The fraction of sp³-hybridized carbons (Fsp3) is 0.231. The predicted molar refractivity (Wildman–Crippen MR) is 85.1 cm³/mol.